The van der Waals surface area contributed by atoms with E-state index in [0.717, 1.165) is 36.7 Å². The highest BCUT2D eigenvalue weighted by Crippen LogP contribution is 2.25. The van der Waals surface area contributed by atoms with E-state index in [-0.39, 0.29) is 36.8 Å². The molecule has 158 valence electrons. The van der Waals surface area contributed by atoms with Crippen LogP contribution in [0.4, 0.5) is 0 Å². The number of rotatable bonds is 8. The summed E-state index contributed by atoms with van der Waals surface area (Å²) in [5.74, 6) is 2.96. The Hall–Kier alpha value is -1.02. The zero-order chi connectivity index (χ0) is 18.4. The van der Waals surface area contributed by atoms with E-state index in [0.29, 0.717) is 18.3 Å². The van der Waals surface area contributed by atoms with Crippen LogP contribution in [0.5, 0.6) is 0 Å². The van der Waals surface area contributed by atoms with Gasteiger partial charge in [-0.05, 0) is 68.3 Å². The van der Waals surface area contributed by atoms with Crippen molar-refractivity contribution in [1.29, 1.82) is 0 Å². The molecule has 0 saturated carbocycles. The molecule has 0 spiro atoms. The summed E-state index contributed by atoms with van der Waals surface area (Å²) in [4.78, 5) is 12.7. The maximum Gasteiger partial charge on any atom is 0.220 e. The Balaban J connectivity index is 0.00000196. The Labute approximate surface area is 183 Å². The lowest BCUT2D eigenvalue weighted by molar-refractivity contribution is -0.123. The van der Waals surface area contributed by atoms with E-state index in [4.69, 9.17) is 0 Å². The molecule has 0 bridgehead atoms. The summed E-state index contributed by atoms with van der Waals surface area (Å²) in [5.41, 5.74) is 0.814. The van der Waals surface area contributed by atoms with Crippen molar-refractivity contribution in [2.45, 2.75) is 38.6 Å². The molecule has 3 heterocycles. The zero-order valence-corrected chi connectivity index (χ0v) is 18.9. The number of pyridine rings is 1. The number of carbonyl (C=O) groups is 1. The average Bonchev–Trinajstić information content (AvgIpc) is 3.10. The van der Waals surface area contributed by atoms with E-state index in [1.54, 1.807) is 11.8 Å². The Morgan fingerprint density at radius 3 is 2.79 bits per heavy atom. The van der Waals surface area contributed by atoms with Crippen molar-refractivity contribution in [1.82, 2.24) is 25.2 Å². The molecule has 1 amide bonds. The first-order valence-corrected chi connectivity index (χ1v) is 10.9. The molecule has 0 radical (unpaired) electrons. The Morgan fingerprint density at radius 1 is 1.32 bits per heavy atom. The predicted octanol–water partition coefficient (Wildman–Crippen LogP) is 3.51. The first kappa shape index (κ1) is 25.0. The topological polar surface area (TPSA) is 71.3 Å². The highest BCUT2D eigenvalue weighted by atomic mass is 35.5. The van der Waals surface area contributed by atoms with Crippen LogP contribution < -0.4 is 10.6 Å². The number of aromatic nitrogens is 3. The van der Waals surface area contributed by atoms with Crippen LogP contribution in [0.1, 0.15) is 44.5 Å². The van der Waals surface area contributed by atoms with Gasteiger partial charge in [0.25, 0.3) is 0 Å². The molecule has 3 rings (SSSR count). The van der Waals surface area contributed by atoms with Crippen molar-refractivity contribution >= 4 is 48.1 Å². The summed E-state index contributed by atoms with van der Waals surface area (Å²) in [6, 6.07) is 5.74. The molecule has 9 heteroatoms. The maximum atomic E-state index is 12.7. The second-order valence-electron chi connectivity index (χ2n) is 7.16. The number of nitrogens with zero attached hydrogens (tertiary/aromatic N) is 3. The maximum absolute atomic E-state index is 12.7. The van der Waals surface area contributed by atoms with E-state index in [1.807, 2.05) is 28.8 Å². The van der Waals surface area contributed by atoms with E-state index >= 15 is 0 Å². The van der Waals surface area contributed by atoms with Crippen LogP contribution in [0.3, 0.4) is 0 Å². The largest absolute Gasteiger partial charge is 0.346 e. The van der Waals surface area contributed by atoms with Gasteiger partial charge in [0.1, 0.15) is 0 Å². The van der Waals surface area contributed by atoms with Crippen molar-refractivity contribution < 1.29 is 4.79 Å². The van der Waals surface area contributed by atoms with Gasteiger partial charge in [0.15, 0.2) is 11.5 Å². The van der Waals surface area contributed by atoms with Crippen LogP contribution in [0.25, 0.3) is 5.65 Å². The minimum Gasteiger partial charge on any atom is -0.346 e. The summed E-state index contributed by atoms with van der Waals surface area (Å²) >= 11 is 1.78. The molecule has 2 aromatic rings. The van der Waals surface area contributed by atoms with Crippen molar-refractivity contribution in [2.75, 3.05) is 25.1 Å². The molecule has 1 aliphatic rings. The highest BCUT2D eigenvalue weighted by molar-refractivity contribution is 7.98. The Morgan fingerprint density at radius 2 is 2.07 bits per heavy atom. The smallest absolute Gasteiger partial charge is 0.220 e. The lowest BCUT2D eigenvalue weighted by atomic mass is 9.84. The van der Waals surface area contributed by atoms with E-state index in [1.165, 1.54) is 12.8 Å². The third-order valence-corrected chi connectivity index (χ3v) is 5.94. The van der Waals surface area contributed by atoms with Crippen molar-refractivity contribution in [2.24, 2.45) is 11.8 Å². The molecule has 0 aromatic carbocycles. The second kappa shape index (κ2) is 12.5. The van der Waals surface area contributed by atoms with Gasteiger partial charge in [0, 0.05) is 12.6 Å². The van der Waals surface area contributed by atoms with Gasteiger partial charge < -0.3 is 10.6 Å². The summed E-state index contributed by atoms with van der Waals surface area (Å²) in [6.07, 6.45) is 7.81. The van der Waals surface area contributed by atoms with Crippen molar-refractivity contribution in [3.63, 3.8) is 0 Å². The van der Waals surface area contributed by atoms with Gasteiger partial charge in [-0.25, -0.2) is 0 Å². The summed E-state index contributed by atoms with van der Waals surface area (Å²) < 4.78 is 1.97. The fourth-order valence-corrected chi connectivity index (χ4v) is 4.20. The van der Waals surface area contributed by atoms with E-state index in [2.05, 4.69) is 34.0 Å². The summed E-state index contributed by atoms with van der Waals surface area (Å²) in [5, 5.41) is 15.2. The average molecular weight is 448 g/mol. The third-order valence-electron chi connectivity index (χ3n) is 5.29. The fourth-order valence-electron chi connectivity index (χ4n) is 3.72. The lowest BCUT2D eigenvalue weighted by Crippen LogP contribution is -2.35. The molecule has 2 aromatic heterocycles. The first-order chi connectivity index (χ1) is 12.7. The molecule has 6 nitrogen and oxygen atoms in total. The standard InChI is InChI=1S/C19H29N5OS.2ClH/c1-14(15-6-9-20-10-7-15)13-18(25)21-16(8-12-26-2)19-23-22-17-5-3-4-11-24(17)19;;/h3-5,11,14-16,20H,6-10,12-13H2,1-2H3,(H,21,25);2*1H. The number of halogens is 2. The van der Waals surface area contributed by atoms with Crippen LogP contribution in [0.15, 0.2) is 24.4 Å². The number of amides is 1. The Bertz CT molecular complexity index is 723. The van der Waals surface area contributed by atoms with Gasteiger partial charge in [0.2, 0.25) is 5.91 Å². The van der Waals surface area contributed by atoms with Crippen LogP contribution in [0.2, 0.25) is 0 Å². The quantitative estimate of drug-likeness (QED) is 0.647. The summed E-state index contributed by atoms with van der Waals surface area (Å²) in [6.45, 7) is 4.34. The Kier molecular flexibility index (Phi) is 11.2. The number of nitrogens with one attached hydrogen (secondary N) is 2. The minimum atomic E-state index is -0.104. The normalized spacial score (nSPS) is 16.6. The van der Waals surface area contributed by atoms with Gasteiger partial charge >= 0.3 is 0 Å². The molecule has 0 aliphatic carbocycles. The fraction of sp³-hybridized carbons (Fsp3) is 0.632. The van der Waals surface area contributed by atoms with E-state index < -0.39 is 0 Å². The molecule has 1 saturated heterocycles. The molecule has 2 unspecified atom stereocenters. The monoisotopic (exact) mass is 447 g/mol. The number of carbonyl (C=O) groups excluding carboxylic acids is 1. The molecule has 28 heavy (non-hydrogen) atoms. The second-order valence-corrected chi connectivity index (χ2v) is 8.14. The van der Waals surface area contributed by atoms with Gasteiger partial charge in [0.05, 0.1) is 6.04 Å². The van der Waals surface area contributed by atoms with Crippen molar-refractivity contribution in [3.8, 4) is 0 Å². The minimum absolute atomic E-state index is 0. The molecular formula is C19H31Cl2N5OS. The number of fused-ring (bicyclic) bond motifs is 1. The number of thioether (sulfide) groups is 1. The van der Waals surface area contributed by atoms with Crippen LogP contribution >= 0.6 is 36.6 Å². The lowest BCUT2D eigenvalue weighted by Gasteiger charge is -2.28. The predicted molar refractivity (Wildman–Crippen MR) is 121 cm³/mol. The van der Waals surface area contributed by atoms with Crippen LogP contribution in [-0.2, 0) is 4.79 Å². The van der Waals surface area contributed by atoms with Crippen LogP contribution in [-0.4, -0.2) is 45.6 Å². The van der Waals surface area contributed by atoms with Gasteiger partial charge in [-0.2, -0.15) is 11.8 Å². The SMILES string of the molecule is CSCCC(NC(=O)CC(C)C1CCNCC1)c1nnc2ccccn12.Cl.Cl. The molecule has 1 fully saturated rings. The summed E-state index contributed by atoms with van der Waals surface area (Å²) in [7, 11) is 0. The van der Waals surface area contributed by atoms with Crippen molar-refractivity contribution in [3.05, 3.63) is 30.2 Å². The molecular weight excluding hydrogens is 417 g/mol. The highest BCUT2D eigenvalue weighted by Gasteiger charge is 2.25. The van der Waals surface area contributed by atoms with Gasteiger partial charge in [-0.15, -0.1) is 35.0 Å². The van der Waals surface area contributed by atoms with Crippen LogP contribution in [0, 0.1) is 11.8 Å². The third kappa shape index (κ3) is 6.51. The van der Waals surface area contributed by atoms with Gasteiger partial charge in [-0.3, -0.25) is 9.20 Å². The number of piperidine rings is 1. The molecule has 2 N–H and O–H groups in total. The molecule has 2 atom stereocenters. The first-order valence-electron chi connectivity index (χ1n) is 9.47. The number of hydrogen-bond acceptors (Lipinski definition) is 5. The van der Waals surface area contributed by atoms with Gasteiger partial charge in [-0.1, -0.05) is 13.0 Å². The zero-order valence-electron chi connectivity index (χ0n) is 16.5. The molecule has 1 aliphatic heterocycles. The number of hydrogen-bond donors (Lipinski definition) is 2. The van der Waals surface area contributed by atoms with E-state index in [9.17, 15) is 4.79 Å².